The summed E-state index contributed by atoms with van der Waals surface area (Å²) >= 11 is 0. The van der Waals surface area contributed by atoms with Gasteiger partial charge < -0.3 is 45.1 Å². The van der Waals surface area contributed by atoms with E-state index >= 15 is 0 Å². The van der Waals surface area contributed by atoms with Gasteiger partial charge in [-0.05, 0) is 260 Å². The molecule has 12 aromatic rings. The van der Waals surface area contributed by atoms with E-state index in [1.54, 1.807) is 84.4 Å². The zero-order valence-electron chi connectivity index (χ0n) is 83.2. The van der Waals surface area contributed by atoms with Crippen molar-refractivity contribution in [3.8, 4) is 34.5 Å². The van der Waals surface area contributed by atoms with Crippen LogP contribution in [0.5, 0.6) is 34.5 Å². The molecule has 0 spiro atoms. The number of ketones is 6. The zero-order chi connectivity index (χ0) is 104. The molecular weight excluding hydrogens is 1880 g/mol. The van der Waals surface area contributed by atoms with E-state index < -0.39 is 71.8 Å². The molecule has 8 heterocycles. The number of carbonyl (C=O) groups excluding carboxylic acids is 11. The molecule has 8 atom stereocenters. The molecule has 8 aliphatic heterocycles. The summed E-state index contributed by atoms with van der Waals surface area (Å²) in [5.41, 5.74) is 9.92. The van der Waals surface area contributed by atoms with Gasteiger partial charge in [0, 0.05) is 83.7 Å². The standard InChI is InChI=1S/2C41H41FN2O5.C31H30FNO6.C11H14.CH4/c2*42-36-13-5-4-9-30(36)18-22-39(46)37-25-29-16-20-34(21-17-29)49-35-12-6-8-28(24-35)15-19-33(45)26-32(41(48)43-37)27-40(47)44-23-7-14-38(44)31-10-2-1-3-11-31;32-27-7-2-1-5-22(27)11-15-29(35)28-17-21-9-13-25(14-10-21)39-26-6-3-4-20(16-26)8-12-24(34)18-23(19-30(36)37)31(38)33-28;1-2-6-10(7-3-1)11-8-4-5-9-11;/h2*1-6,8-13,16-17,20-21,24,32,37-38H,7,14-15,18-19,22-23,25-27H2,(H,43,48);1-7,9-10,13-14,16,23,28H,8,11-12,15,17-19H2,(H,33,38)(H,36,37);1-3,6-7,11H,4-5,8-9H2;1H4/t2*32?,37?,38-;23-,28-;;/m110../s1. The maximum atomic E-state index is 14.4. The van der Waals surface area contributed by atoms with E-state index in [1.807, 2.05) is 192 Å². The Morgan fingerprint density at radius 3 is 0.906 bits per heavy atom. The van der Waals surface area contributed by atoms with Crippen LogP contribution in [0.4, 0.5) is 13.2 Å². The number of ether oxygens (including phenoxy) is 3. The van der Waals surface area contributed by atoms with Gasteiger partial charge in [-0.1, -0.05) is 239 Å². The monoisotopic (exact) mass is 2010 g/mol. The Kier molecular flexibility index (Phi) is 40.3. The average molecular weight is 2020 g/mol. The van der Waals surface area contributed by atoms with Crippen molar-refractivity contribution in [2.24, 2.45) is 17.8 Å². The fourth-order valence-electron chi connectivity index (χ4n) is 20.3. The van der Waals surface area contributed by atoms with Crippen LogP contribution in [-0.4, -0.2) is 116 Å². The highest BCUT2D eigenvalue weighted by Crippen LogP contribution is 2.39. The number of Topliss-reactive ketones (excluding diaryl/α,β-unsaturated/α-hetero) is 6. The second kappa shape index (κ2) is 54.9. The first-order valence-corrected chi connectivity index (χ1v) is 51.6. The van der Waals surface area contributed by atoms with E-state index in [0.29, 0.717) is 83.5 Å². The molecule has 1 aliphatic carbocycles. The molecule has 24 heteroatoms. The third kappa shape index (κ3) is 32.8. The summed E-state index contributed by atoms with van der Waals surface area (Å²) in [6, 6.07) is 90.6. The number of carboxylic acids is 1. The number of aryl methyl sites for hydroxylation is 6. The van der Waals surface area contributed by atoms with Crippen molar-refractivity contribution < 1.29 is 90.0 Å². The van der Waals surface area contributed by atoms with Gasteiger partial charge in [0.1, 0.15) is 69.3 Å². The first-order valence-electron chi connectivity index (χ1n) is 51.6. The second-order valence-corrected chi connectivity index (χ2v) is 39.2. The number of carbonyl (C=O) groups is 12. The first-order chi connectivity index (χ1) is 71.9. The van der Waals surface area contributed by atoms with Crippen LogP contribution >= 0.6 is 0 Å². The highest BCUT2D eigenvalue weighted by Gasteiger charge is 2.39. The lowest BCUT2D eigenvalue weighted by atomic mass is 9.92. The fraction of sp³-hybridized carbons (Fsp3) is 0.328. The Bertz CT molecular complexity index is 6320. The van der Waals surface area contributed by atoms with Crippen molar-refractivity contribution in [3.63, 3.8) is 0 Å². The quantitative estimate of drug-likeness (QED) is 0.0520. The number of aliphatic carboxylic acids is 1. The van der Waals surface area contributed by atoms with Crippen LogP contribution in [0.1, 0.15) is 221 Å². The summed E-state index contributed by atoms with van der Waals surface area (Å²) in [5.74, 6) is -4.26. The third-order valence-corrected chi connectivity index (χ3v) is 28.4. The van der Waals surface area contributed by atoms with Gasteiger partial charge in [-0.3, -0.25) is 57.5 Å². The summed E-state index contributed by atoms with van der Waals surface area (Å²) in [6.07, 6.45) is 10.6. The second-order valence-electron chi connectivity index (χ2n) is 39.2. The van der Waals surface area contributed by atoms with Crippen LogP contribution < -0.4 is 30.2 Å². The minimum Gasteiger partial charge on any atom is -0.481 e. The van der Waals surface area contributed by atoms with Crippen LogP contribution in [0.2, 0.25) is 0 Å². The summed E-state index contributed by atoms with van der Waals surface area (Å²) in [7, 11) is 0. The smallest absolute Gasteiger partial charge is 0.304 e. The fourth-order valence-corrected chi connectivity index (χ4v) is 20.3. The number of fused-ring (bicyclic) bond motifs is 30. The maximum absolute atomic E-state index is 14.4. The van der Waals surface area contributed by atoms with Crippen LogP contribution in [0.3, 0.4) is 0 Å². The first kappa shape index (κ1) is 109. The predicted molar refractivity (Wildman–Crippen MR) is 565 cm³/mol. The van der Waals surface area contributed by atoms with E-state index in [2.05, 4.69) is 46.3 Å². The molecule has 149 heavy (non-hydrogen) atoms. The lowest BCUT2D eigenvalue weighted by Crippen LogP contribution is -2.46. The van der Waals surface area contributed by atoms with E-state index in [1.165, 1.54) is 43.9 Å². The van der Waals surface area contributed by atoms with Crippen LogP contribution in [-0.2, 0) is 115 Å². The number of benzene rings is 12. The molecule has 5 amide bonds. The molecule has 4 unspecified atom stereocenters. The van der Waals surface area contributed by atoms with Gasteiger partial charge in [0.05, 0.1) is 54.4 Å². The minimum absolute atomic E-state index is 0. The van der Waals surface area contributed by atoms with Crippen molar-refractivity contribution in [2.75, 3.05) is 13.1 Å². The van der Waals surface area contributed by atoms with Crippen molar-refractivity contribution in [1.29, 1.82) is 0 Å². The van der Waals surface area contributed by atoms with E-state index in [-0.39, 0.29) is 187 Å². The van der Waals surface area contributed by atoms with Crippen LogP contribution in [0.15, 0.2) is 309 Å². The lowest BCUT2D eigenvalue weighted by Gasteiger charge is -2.28. The largest absolute Gasteiger partial charge is 0.481 e. The number of rotatable bonds is 21. The highest BCUT2D eigenvalue weighted by molar-refractivity contribution is 5.97. The predicted octanol–water partition coefficient (Wildman–Crippen LogP) is 23.1. The lowest BCUT2D eigenvalue weighted by molar-refractivity contribution is -0.142. The summed E-state index contributed by atoms with van der Waals surface area (Å²) in [6.45, 7) is 1.15. The summed E-state index contributed by atoms with van der Waals surface area (Å²) in [5, 5.41) is 18.0. The molecule has 772 valence electrons. The number of nitrogens with zero attached hydrogens (tertiary/aromatic N) is 2. The zero-order valence-corrected chi connectivity index (χ0v) is 83.2. The van der Waals surface area contributed by atoms with Crippen molar-refractivity contribution in [2.45, 2.75) is 230 Å². The third-order valence-electron chi connectivity index (χ3n) is 28.4. The Hall–Kier alpha value is -15.3. The number of hydrogen-bond acceptors (Lipinski definition) is 15. The van der Waals surface area contributed by atoms with Gasteiger partial charge in [0.15, 0.2) is 17.3 Å². The van der Waals surface area contributed by atoms with Crippen LogP contribution in [0, 0.1) is 35.2 Å². The van der Waals surface area contributed by atoms with Crippen molar-refractivity contribution in [3.05, 3.63) is 394 Å². The molecule has 3 fully saturated rings. The molecule has 2 saturated heterocycles. The minimum atomic E-state index is -1.21. The molecule has 4 N–H and O–H groups in total. The molecule has 9 aliphatic rings. The molecule has 1 saturated carbocycles. The normalized spacial score (nSPS) is 19.2. The van der Waals surface area contributed by atoms with Gasteiger partial charge in [-0.25, -0.2) is 13.2 Å². The molecule has 0 aromatic heterocycles. The molecule has 0 radical (unpaired) electrons. The molecule has 12 aromatic carbocycles. The van der Waals surface area contributed by atoms with Gasteiger partial charge in [-0.15, -0.1) is 0 Å². The number of nitrogens with one attached hydrogen (secondary N) is 3. The van der Waals surface area contributed by atoms with Gasteiger partial charge in [-0.2, -0.15) is 0 Å². The Balaban J connectivity index is 0.000000167. The Morgan fingerprint density at radius 1 is 0.302 bits per heavy atom. The number of hydrogen-bond donors (Lipinski definition) is 4. The summed E-state index contributed by atoms with van der Waals surface area (Å²) < 4.78 is 61.0. The number of likely N-dealkylation sites (tertiary alicyclic amines) is 2. The topological polar surface area (TPSA) is 295 Å². The molecular formula is C125H130F3N5O16. The average Bonchev–Trinajstić information content (AvgIpc) is 1.79. The van der Waals surface area contributed by atoms with E-state index in [0.717, 1.165) is 76.1 Å². The maximum Gasteiger partial charge on any atom is 0.304 e. The Labute approximate surface area is 869 Å². The van der Waals surface area contributed by atoms with Crippen LogP contribution in [0.25, 0.3) is 0 Å². The van der Waals surface area contributed by atoms with Crippen molar-refractivity contribution in [1.82, 2.24) is 25.8 Å². The molecule has 21 nitrogen and oxygen atoms in total. The number of carboxylic acid groups (broad SMARTS) is 1. The summed E-state index contributed by atoms with van der Waals surface area (Å²) in [4.78, 5) is 165. The van der Waals surface area contributed by atoms with E-state index in [4.69, 9.17) is 14.2 Å². The van der Waals surface area contributed by atoms with Crippen molar-refractivity contribution >= 4 is 70.2 Å². The van der Waals surface area contributed by atoms with Gasteiger partial charge in [0.25, 0.3) is 0 Å². The van der Waals surface area contributed by atoms with E-state index in [9.17, 15) is 75.8 Å². The number of amides is 5. The molecule has 12 bridgehead atoms. The number of halogens is 3. The molecule has 21 rings (SSSR count). The van der Waals surface area contributed by atoms with Gasteiger partial charge in [0.2, 0.25) is 29.5 Å². The Morgan fingerprint density at radius 2 is 0.597 bits per heavy atom. The highest BCUT2D eigenvalue weighted by atomic mass is 19.1. The van der Waals surface area contributed by atoms with Gasteiger partial charge >= 0.3 is 5.97 Å². The SMILES string of the molecule is C.O=C(O)C[C@@H]1CC(=O)CCc2cccc(c2)Oc2ccc(cc2)C[C@@H](C(=O)CCc2ccccc2F)NC1=O.O=C1CCc2cccc(c2)Oc2ccc(cc2)CC(C(=O)CCc2ccccc2F)NC(=O)C(CC(=O)N2CCC[C@@H]2c2ccccc2)C1.O=C1CCc2cccc(c2)Oc2ccc(cc2)CC(C(=O)CCc2ccccc2F)NC(=O)C(CC(=O)N2CCC[C@@H]2c2ccccc2)C1.c1ccc(C2CCCC2)cc1.